The summed E-state index contributed by atoms with van der Waals surface area (Å²) in [4.78, 5) is 25.5. The Morgan fingerprint density at radius 3 is 2.74 bits per heavy atom. The Labute approximate surface area is 157 Å². The summed E-state index contributed by atoms with van der Waals surface area (Å²) < 4.78 is 1.61. The smallest absolute Gasteiger partial charge is 0.319 e. The minimum Gasteiger partial charge on any atom is -0.369 e. The third-order valence-electron chi connectivity index (χ3n) is 4.62. The first kappa shape index (κ1) is 18.8. The number of aromatic nitrogens is 4. The van der Waals surface area contributed by atoms with E-state index in [0.717, 1.165) is 25.1 Å². The number of likely N-dealkylation sites (tertiary alicyclic amines) is 1. The number of nitrogens with zero attached hydrogens (tertiary/aromatic N) is 5. The van der Waals surface area contributed by atoms with Gasteiger partial charge in [0.15, 0.2) is 5.82 Å². The van der Waals surface area contributed by atoms with Gasteiger partial charge in [0, 0.05) is 25.3 Å². The highest BCUT2D eigenvalue weighted by Gasteiger charge is 2.23. The molecule has 4 N–H and O–H groups in total. The lowest BCUT2D eigenvalue weighted by atomic mass is 9.97. The zero-order valence-corrected chi connectivity index (χ0v) is 15.3. The van der Waals surface area contributed by atoms with E-state index in [1.165, 1.54) is 0 Å². The van der Waals surface area contributed by atoms with Crippen LogP contribution in [0.15, 0.2) is 24.3 Å². The topological polar surface area (TPSA) is 131 Å². The number of carbonyl (C=O) groups is 2. The monoisotopic (exact) mass is 372 g/mol. The number of tetrazole rings is 1. The number of primary amides is 1. The van der Waals surface area contributed by atoms with Crippen LogP contribution < -0.4 is 16.4 Å². The number of nitrogens with one attached hydrogen (secondary N) is 2. The molecule has 1 fully saturated rings. The summed E-state index contributed by atoms with van der Waals surface area (Å²) in [6, 6.07) is 6.97. The van der Waals surface area contributed by atoms with Gasteiger partial charge in [-0.15, -0.1) is 5.10 Å². The number of nitrogens with two attached hydrogens (primary N) is 1. The standard InChI is InChI=1S/C17H24N8O2/c1-12-21-22-23-25(12)15-6-4-14(5-7-15)20-17(27)19-8-10-24-9-2-3-13(11-24)16(18)26/h4-7,13H,2-3,8-11H2,1H3,(H2,18,26)(H2,19,20,27)/t13-/m0/s1. The van der Waals surface area contributed by atoms with Crippen LogP contribution in [0.3, 0.4) is 0 Å². The van der Waals surface area contributed by atoms with Crippen molar-refractivity contribution < 1.29 is 9.59 Å². The number of urea groups is 1. The first-order chi connectivity index (χ1) is 13.0. The number of hydrogen-bond donors (Lipinski definition) is 3. The highest BCUT2D eigenvalue weighted by Crippen LogP contribution is 2.15. The van der Waals surface area contributed by atoms with E-state index >= 15 is 0 Å². The van der Waals surface area contributed by atoms with Gasteiger partial charge in [-0.2, -0.15) is 4.68 Å². The molecule has 10 heteroatoms. The lowest BCUT2D eigenvalue weighted by Crippen LogP contribution is -2.44. The third kappa shape index (κ3) is 5.00. The Morgan fingerprint density at radius 1 is 1.30 bits per heavy atom. The second-order valence-electron chi connectivity index (χ2n) is 6.61. The molecule has 0 spiro atoms. The van der Waals surface area contributed by atoms with Crippen molar-refractivity contribution in [1.29, 1.82) is 0 Å². The van der Waals surface area contributed by atoms with Gasteiger partial charge in [-0.3, -0.25) is 4.79 Å². The van der Waals surface area contributed by atoms with Gasteiger partial charge in [0.2, 0.25) is 5.91 Å². The van der Waals surface area contributed by atoms with E-state index in [9.17, 15) is 9.59 Å². The maximum Gasteiger partial charge on any atom is 0.319 e. The van der Waals surface area contributed by atoms with Crippen LogP contribution in [0.25, 0.3) is 5.69 Å². The van der Waals surface area contributed by atoms with Crippen LogP contribution in [-0.2, 0) is 4.79 Å². The van der Waals surface area contributed by atoms with Gasteiger partial charge in [0.25, 0.3) is 0 Å². The van der Waals surface area contributed by atoms with Gasteiger partial charge in [-0.1, -0.05) is 0 Å². The van der Waals surface area contributed by atoms with Crippen LogP contribution in [0, 0.1) is 12.8 Å². The summed E-state index contributed by atoms with van der Waals surface area (Å²) >= 11 is 0. The van der Waals surface area contributed by atoms with Crippen LogP contribution in [0.5, 0.6) is 0 Å². The molecule has 1 aromatic carbocycles. The van der Waals surface area contributed by atoms with Crippen molar-refractivity contribution in [3.8, 4) is 5.69 Å². The molecule has 0 unspecified atom stereocenters. The molecule has 1 saturated heterocycles. The number of piperidine rings is 1. The summed E-state index contributed by atoms with van der Waals surface area (Å²) in [6.07, 6.45) is 1.80. The van der Waals surface area contributed by atoms with Crippen molar-refractivity contribution >= 4 is 17.6 Å². The second-order valence-corrected chi connectivity index (χ2v) is 6.61. The van der Waals surface area contributed by atoms with Crippen molar-refractivity contribution in [3.05, 3.63) is 30.1 Å². The van der Waals surface area contributed by atoms with E-state index in [0.29, 0.717) is 31.1 Å². The number of amides is 3. The summed E-state index contributed by atoms with van der Waals surface area (Å²) in [5, 5.41) is 17.0. The quantitative estimate of drug-likeness (QED) is 0.668. The van der Waals surface area contributed by atoms with E-state index < -0.39 is 0 Å². The fraction of sp³-hybridized carbons (Fsp3) is 0.471. The predicted octanol–water partition coefficient (Wildman–Crippen LogP) is 0.290. The molecule has 27 heavy (non-hydrogen) atoms. The Kier molecular flexibility index (Phi) is 5.97. The predicted molar refractivity (Wildman–Crippen MR) is 99.3 cm³/mol. The maximum absolute atomic E-state index is 12.0. The van der Waals surface area contributed by atoms with Crippen molar-refractivity contribution in [2.24, 2.45) is 11.7 Å². The van der Waals surface area contributed by atoms with E-state index in [4.69, 9.17) is 5.73 Å². The summed E-state index contributed by atoms with van der Waals surface area (Å²) in [5.41, 5.74) is 6.88. The average molecular weight is 372 g/mol. The van der Waals surface area contributed by atoms with Gasteiger partial charge >= 0.3 is 6.03 Å². The van der Waals surface area contributed by atoms with Crippen LogP contribution in [0.4, 0.5) is 10.5 Å². The fourth-order valence-electron chi connectivity index (χ4n) is 3.15. The number of aryl methyl sites for hydroxylation is 1. The number of hydrogen-bond acceptors (Lipinski definition) is 6. The minimum absolute atomic E-state index is 0.0880. The van der Waals surface area contributed by atoms with Gasteiger partial charge in [0.1, 0.15) is 0 Å². The third-order valence-corrected chi connectivity index (χ3v) is 4.62. The van der Waals surface area contributed by atoms with Crippen molar-refractivity contribution in [3.63, 3.8) is 0 Å². The average Bonchev–Trinajstić information content (AvgIpc) is 3.08. The molecule has 0 radical (unpaired) electrons. The zero-order chi connectivity index (χ0) is 19.2. The second kappa shape index (κ2) is 8.58. The van der Waals surface area contributed by atoms with Crippen LogP contribution in [0.1, 0.15) is 18.7 Å². The van der Waals surface area contributed by atoms with E-state index in [-0.39, 0.29) is 17.9 Å². The molecule has 1 aromatic heterocycles. The number of anilines is 1. The Morgan fingerprint density at radius 2 is 2.07 bits per heavy atom. The molecular formula is C17H24N8O2. The largest absolute Gasteiger partial charge is 0.369 e. The molecule has 1 aliphatic heterocycles. The van der Waals surface area contributed by atoms with E-state index in [1.807, 2.05) is 19.1 Å². The first-order valence-electron chi connectivity index (χ1n) is 8.95. The van der Waals surface area contributed by atoms with Gasteiger partial charge in [-0.05, 0) is 61.0 Å². The lowest BCUT2D eigenvalue weighted by Gasteiger charge is -2.31. The Balaban J connectivity index is 1.43. The van der Waals surface area contributed by atoms with Crippen molar-refractivity contribution in [2.75, 3.05) is 31.5 Å². The number of carbonyl (C=O) groups excluding carboxylic acids is 2. The van der Waals surface area contributed by atoms with Crippen LogP contribution >= 0.6 is 0 Å². The molecular weight excluding hydrogens is 348 g/mol. The molecule has 1 atom stereocenters. The molecule has 1 aliphatic rings. The molecule has 0 bridgehead atoms. The molecule has 2 heterocycles. The van der Waals surface area contributed by atoms with Crippen LogP contribution in [-0.4, -0.2) is 63.2 Å². The number of rotatable bonds is 6. The maximum atomic E-state index is 12.0. The molecule has 0 saturated carbocycles. The van der Waals surface area contributed by atoms with Crippen LogP contribution in [0.2, 0.25) is 0 Å². The normalized spacial score (nSPS) is 17.4. The van der Waals surface area contributed by atoms with Gasteiger partial charge in [0.05, 0.1) is 11.6 Å². The molecule has 0 aliphatic carbocycles. The fourth-order valence-corrected chi connectivity index (χ4v) is 3.15. The molecule has 3 amide bonds. The van der Waals surface area contributed by atoms with Crippen molar-refractivity contribution in [1.82, 2.24) is 30.4 Å². The molecule has 10 nitrogen and oxygen atoms in total. The molecule has 144 valence electrons. The number of benzene rings is 1. The molecule has 2 aromatic rings. The highest BCUT2D eigenvalue weighted by molar-refractivity contribution is 5.89. The summed E-state index contributed by atoms with van der Waals surface area (Å²) in [7, 11) is 0. The summed E-state index contributed by atoms with van der Waals surface area (Å²) in [5.74, 6) is 0.352. The summed E-state index contributed by atoms with van der Waals surface area (Å²) in [6.45, 7) is 4.59. The highest BCUT2D eigenvalue weighted by atomic mass is 16.2. The van der Waals surface area contributed by atoms with E-state index in [1.54, 1.807) is 16.8 Å². The Bertz CT molecular complexity index is 788. The van der Waals surface area contributed by atoms with Gasteiger partial charge in [-0.25, -0.2) is 4.79 Å². The minimum atomic E-state index is -0.273. The first-order valence-corrected chi connectivity index (χ1v) is 8.95. The SMILES string of the molecule is Cc1nnnn1-c1ccc(NC(=O)NCCN2CCC[C@H](C(N)=O)C2)cc1. The van der Waals surface area contributed by atoms with E-state index in [2.05, 4.69) is 31.1 Å². The zero-order valence-electron chi connectivity index (χ0n) is 15.3. The Hall–Kier alpha value is -3.01. The lowest BCUT2D eigenvalue weighted by molar-refractivity contribution is -0.123. The van der Waals surface area contributed by atoms with Crippen molar-refractivity contribution in [2.45, 2.75) is 19.8 Å². The molecule has 3 rings (SSSR count). The van der Waals surface area contributed by atoms with Gasteiger partial charge < -0.3 is 21.3 Å².